The van der Waals surface area contributed by atoms with Gasteiger partial charge in [-0.3, -0.25) is 0 Å². The molecule has 1 unspecified atom stereocenters. The molecule has 0 amide bonds. The van der Waals surface area contributed by atoms with Crippen molar-refractivity contribution in [1.29, 1.82) is 0 Å². The standard InChI is InChI=1S/C10H22IN/c1-10(2,3)8-9(6-7-11)12(4)5/h9H,6-8H2,1-5H3. The zero-order chi connectivity index (χ0) is 9.78. The smallest absolute Gasteiger partial charge is 0.0101 e. The van der Waals surface area contributed by atoms with Gasteiger partial charge in [0.25, 0.3) is 0 Å². The largest absolute Gasteiger partial charge is 0.306 e. The van der Waals surface area contributed by atoms with Crippen LogP contribution in [0.25, 0.3) is 0 Å². The van der Waals surface area contributed by atoms with Crippen LogP contribution in [0, 0.1) is 5.41 Å². The second-order valence-corrected chi connectivity index (χ2v) is 5.94. The van der Waals surface area contributed by atoms with Gasteiger partial charge in [0, 0.05) is 10.5 Å². The Morgan fingerprint density at radius 1 is 1.25 bits per heavy atom. The van der Waals surface area contributed by atoms with Crippen molar-refractivity contribution in [1.82, 2.24) is 4.90 Å². The van der Waals surface area contributed by atoms with E-state index in [1.165, 1.54) is 17.3 Å². The fraction of sp³-hybridized carbons (Fsp3) is 1.00. The molecule has 0 aromatic heterocycles. The zero-order valence-corrected chi connectivity index (χ0v) is 11.2. The molecular weight excluding hydrogens is 261 g/mol. The molecule has 74 valence electrons. The van der Waals surface area contributed by atoms with E-state index in [1.807, 2.05) is 0 Å². The van der Waals surface area contributed by atoms with Crippen LogP contribution in [0.15, 0.2) is 0 Å². The molecule has 0 radical (unpaired) electrons. The third-order valence-electron chi connectivity index (χ3n) is 2.02. The molecule has 0 spiro atoms. The molecule has 0 rings (SSSR count). The maximum absolute atomic E-state index is 2.46. The lowest BCUT2D eigenvalue weighted by Gasteiger charge is -2.30. The van der Waals surface area contributed by atoms with Crippen molar-refractivity contribution in [2.45, 2.75) is 39.7 Å². The van der Waals surface area contributed by atoms with E-state index in [4.69, 9.17) is 0 Å². The zero-order valence-electron chi connectivity index (χ0n) is 9.02. The molecule has 0 bridgehead atoms. The number of rotatable bonds is 4. The lowest BCUT2D eigenvalue weighted by molar-refractivity contribution is 0.206. The fourth-order valence-electron chi connectivity index (χ4n) is 1.38. The number of nitrogens with zero attached hydrogens (tertiary/aromatic N) is 1. The molecule has 0 aromatic rings. The Morgan fingerprint density at radius 2 is 1.75 bits per heavy atom. The third kappa shape index (κ3) is 6.23. The van der Waals surface area contributed by atoms with Gasteiger partial charge < -0.3 is 4.90 Å². The SMILES string of the molecule is CN(C)C(CCI)CC(C)(C)C. The first-order valence-electron chi connectivity index (χ1n) is 4.59. The van der Waals surface area contributed by atoms with Gasteiger partial charge in [-0.2, -0.15) is 0 Å². The van der Waals surface area contributed by atoms with Gasteiger partial charge in [-0.15, -0.1) is 0 Å². The van der Waals surface area contributed by atoms with Gasteiger partial charge in [-0.25, -0.2) is 0 Å². The van der Waals surface area contributed by atoms with E-state index >= 15 is 0 Å². The van der Waals surface area contributed by atoms with Crippen LogP contribution in [0.5, 0.6) is 0 Å². The summed E-state index contributed by atoms with van der Waals surface area (Å²) < 4.78 is 1.26. The second-order valence-electron chi connectivity index (χ2n) is 4.86. The van der Waals surface area contributed by atoms with Crippen LogP contribution in [-0.2, 0) is 0 Å². The van der Waals surface area contributed by atoms with Gasteiger partial charge in [-0.1, -0.05) is 43.4 Å². The molecule has 0 aromatic carbocycles. The van der Waals surface area contributed by atoms with Gasteiger partial charge in [-0.05, 0) is 32.4 Å². The highest BCUT2D eigenvalue weighted by Gasteiger charge is 2.19. The minimum Gasteiger partial charge on any atom is -0.306 e. The van der Waals surface area contributed by atoms with Crippen LogP contribution in [-0.4, -0.2) is 29.5 Å². The monoisotopic (exact) mass is 283 g/mol. The predicted molar refractivity (Wildman–Crippen MR) is 65.1 cm³/mol. The summed E-state index contributed by atoms with van der Waals surface area (Å²) in [6.07, 6.45) is 2.60. The van der Waals surface area contributed by atoms with Crippen molar-refractivity contribution in [3.05, 3.63) is 0 Å². The molecule has 0 heterocycles. The van der Waals surface area contributed by atoms with Crippen molar-refractivity contribution in [2.24, 2.45) is 5.41 Å². The average molecular weight is 283 g/mol. The first kappa shape index (κ1) is 12.7. The quantitative estimate of drug-likeness (QED) is 0.566. The highest BCUT2D eigenvalue weighted by molar-refractivity contribution is 14.1. The minimum absolute atomic E-state index is 0.459. The Bertz CT molecular complexity index is 115. The van der Waals surface area contributed by atoms with Crippen LogP contribution in [0.2, 0.25) is 0 Å². The normalized spacial score (nSPS) is 15.2. The van der Waals surface area contributed by atoms with Crippen molar-refractivity contribution in [3.63, 3.8) is 0 Å². The predicted octanol–water partition coefficient (Wildman–Crippen LogP) is 3.18. The topological polar surface area (TPSA) is 3.24 Å². The summed E-state index contributed by atoms with van der Waals surface area (Å²) >= 11 is 2.46. The van der Waals surface area contributed by atoms with Gasteiger partial charge >= 0.3 is 0 Å². The maximum Gasteiger partial charge on any atom is 0.0101 e. The summed E-state index contributed by atoms with van der Waals surface area (Å²) in [6, 6.07) is 0.752. The van der Waals surface area contributed by atoms with E-state index in [0.717, 1.165) is 6.04 Å². The van der Waals surface area contributed by atoms with E-state index in [2.05, 4.69) is 62.4 Å². The van der Waals surface area contributed by atoms with Crippen LogP contribution in [0.3, 0.4) is 0 Å². The maximum atomic E-state index is 2.46. The summed E-state index contributed by atoms with van der Waals surface area (Å²) in [5, 5.41) is 0. The number of halogens is 1. The molecule has 0 saturated carbocycles. The van der Waals surface area contributed by atoms with Gasteiger partial charge in [0.2, 0.25) is 0 Å². The second kappa shape index (κ2) is 5.43. The van der Waals surface area contributed by atoms with Crippen LogP contribution >= 0.6 is 22.6 Å². The summed E-state index contributed by atoms with van der Waals surface area (Å²) in [6.45, 7) is 6.95. The summed E-state index contributed by atoms with van der Waals surface area (Å²) in [5.41, 5.74) is 0.459. The Balaban J connectivity index is 3.95. The molecule has 0 saturated heterocycles. The van der Waals surface area contributed by atoms with Gasteiger partial charge in [0.1, 0.15) is 0 Å². The molecule has 12 heavy (non-hydrogen) atoms. The lowest BCUT2D eigenvalue weighted by atomic mass is 9.87. The summed E-state index contributed by atoms with van der Waals surface area (Å²) in [4.78, 5) is 2.35. The molecule has 2 heteroatoms. The summed E-state index contributed by atoms with van der Waals surface area (Å²) in [7, 11) is 4.37. The minimum atomic E-state index is 0.459. The lowest BCUT2D eigenvalue weighted by Crippen LogP contribution is -2.32. The molecule has 0 aliphatic rings. The summed E-state index contributed by atoms with van der Waals surface area (Å²) in [5.74, 6) is 0. The van der Waals surface area contributed by atoms with E-state index in [-0.39, 0.29) is 0 Å². The molecule has 0 fully saturated rings. The Hall–Kier alpha value is 0.690. The average Bonchev–Trinajstić information content (AvgIpc) is 1.83. The Labute approximate surface area is 91.0 Å². The van der Waals surface area contributed by atoms with E-state index in [1.54, 1.807) is 0 Å². The Kier molecular flexibility index (Phi) is 5.74. The molecule has 0 N–H and O–H groups in total. The van der Waals surface area contributed by atoms with Crippen molar-refractivity contribution < 1.29 is 0 Å². The fourth-order valence-corrected chi connectivity index (χ4v) is 2.09. The number of hydrogen-bond donors (Lipinski definition) is 0. The van der Waals surface area contributed by atoms with E-state index in [0.29, 0.717) is 5.41 Å². The third-order valence-corrected chi connectivity index (χ3v) is 2.64. The van der Waals surface area contributed by atoms with Crippen LogP contribution in [0.1, 0.15) is 33.6 Å². The van der Waals surface area contributed by atoms with Crippen LogP contribution in [0.4, 0.5) is 0 Å². The van der Waals surface area contributed by atoms with Gasteiger partial charge in [0.15, 0.2) is 0 Å². The Morgan fingerprint density at radius 3 is 2.00 bits per heavy atom. The highest BCUT2D eigenvalue weighted by Crippen LogP contribution is 2.24. The van der Waals surface area contributed by atoms with Crippen molar-refractivity contribution in [3.8, 4) is 0 Å². The molecule has 1 nitrogen and oxygen atoms in total. The molecule has 0 aliphatic carbocycles. The highest BCUT2D eigenvalue weighted by atomic mass is 127. The number of hydrogen-bond acceptors (Lipinski definition) is 1. The first-order chi connectivity index (χ1) is 5.37. The van der Waals surface area contributed by atoms with Crippen molar-refractivity contribution in [2.75, 3.05) is 18.5 Å². The van der Waals surface area contributed by atoms with E-state index < -0.39 is 0 Å². The van der Waals surface area contributed by atoms with Gasteiger partial charge in [0.05, 0.1) is 0 Å². The molecular formula is C10H22IN. The van der Waals surface area contributed by atoms with Crippen LogP contribution < -0.4 is 0 Å². The van der Waals surface area contributed by atoms with Crippen molar-refractivity contribution >= 4 is 22.6 Å². The first-order valence-corrected chi connectivity index (χ1v) is 6.12. The number of alkyl halides is 1. The van der Waals surface area contributed by atoms with E-state index in [9.17, 15) is 0 Å². The molecule has 0 aliphatic heterocycles. The molecule has 1 atom stereocenters.